The Morgan fingerprint density at radius 3 is 2.53 bits per heavy atom. The first-order chi connectivity index (χ1) is 14.3. The van der Waals surface area contributed by atoms with E-state index < -0.39 is 11.7 Å². The Bertz CT molecular complexity index is 1010. The lowest BCUT2D eigenvalue weighted by molar-refractivity contribution is -0.137. The molecule has 1 fully saturated rings. The molecule has 4 rings (SSSR count). The Morgan fingerprint density at radius 1 is 1.17 bits per heavy atom. The summed E-state index contributed by atoms with van der Waals surface area (Å²) in [5, 5.41) is 4.08. The first kappa shape index (κ1) is 21.0. The van der Waals surface area contributed by atoms with Crippen molar-refractivity contribution in [1.82, 2.24) is 19.5 Å². The van der Waals surface area contributed by atoms with Gasteiger partial charge in [0.05, 0.1) is 11.9 Å². The number of rotatable bonds is 7. The van der Waals surface area contributed by atoms with Gasteiger partial charge in [-0.2, -0.15) is 13.2 Å². The molecular formula is C21H24F3N5S. The minimum absolute atomic E-state index is 0.394. The van der Waals surface area contributed by atoms with Crippen LogP contribution < -0.4 is 5.32 Å². The topological polar surface area (TPSA) is 55.6 Å². The van der Waals surface area contributed by atoms with E-state index in [-0.39, 0.29) is 0 Å². The number of thioether (sulfide) groups is 1. The zero-order valence-electron chi connectivity index (χ0n) is 16.9. The van der Waals surface area contributed by atoms with Gasteiger partial charge < -0.3 is 9.88 Å². The average Bonchev–Trinajstić information content (AvgIpc) is 3.09. The van der Waals surface area contributed by atoms with Crippen LogP contribution in [0, 0.1) is 11.8 Å². The standard InChI is InChI=1S/C21H24F3N5S/c1-13-9-15(10-13)7-8-25-18-17-19(28-20(27-18)30-2)26-12-29(17)11-14-3-5-16(6-4-14)21(22,23)24/h3-6,12-13,15H,7-11H2,1-2H3,(H,25,27,28). The summed E-state index contributed by atoms with van der Waals surface area (Å²) in [6, 6.07) is 5.21. The Morgan fingerprint density at radius 2 is 1.90 bits per heavy atom. The number of nitrogens with zero attached hydrogens (tertiary/aromatic N) is 4. The Hall–Kier alpha value is -2.29. The van der Waals surface area contributed by atoms with E-state index in [2.05, 4.69) is 27.2 Å². The lowest BCUT2D eigenvalue weighted by atomic mass is 9.74. The number of halogens is 3. The van der Waals surface area contributed by atoms with E-state index in [1.807, 2.05) is 10.8 Å². The van der Waals surface area contributed by atoms with Crippen LogP contribution in [0.3, 0.4) is 0 Å². The monoisotopic (exact) mass is 435 g/mol. The molecule has 1 saturated carbocycles. The second kappa shape index (κ2) is 8.45. The summed E-state index contributed by atoms with van der Waals surface area (Å²) in [5.41, 5.74) is 1.46. The fourth-order valence-corrected chi connectivity index (χ4v) is 4.35. The van der Waals surface area contributed by atoms with E-state index in [1.165, 1.54) is 36.7 Å². The number of anilines is 1. The van der Waals surface area contributed by atoms with Crippen molar-refractivity contribution in [2.24, 2.45) is 11.8 Å². The molecule has 5 nitrogen and oxygen atoms in total. The maximum atomic E-state index is 12.8. The van der Waals surface area contributed by atoms with Gasteiger partial charge in [-0.25, -0.2) is 15.0 Å². The summed E-state index contributed by atoms with van der Waals surface area (Å²) in [6.45, 7) is 3.50. The van der Waals surface area contributed by atoms with Crippen LogP contribution >= 0.6 is 11.8 Å². The van der Waals surface area contributed by atoms with Gasteiger partial charge in [-0.15, -0.1) is 0 Å². The maximum Gasteiger partial charge on any atom is 0.416 e. The van der Waals surface area contributed by atoms with Crippen LogP contribution in [0.2, 0.25) is 0 Å². The highest BCUT2D eigenvalue weighted by molar-refractivity contribution is 7.98. The molecule has 9 heteroatoms. The number of hydrogen-bond acceptors (Lipinski definition) is 5. The van der Waals surface area contributed by atoms with Crippen LogP contribution in [0.4, 0.5) is 19.0 Å². The molecule has 1 aliphatic carbocycles. The van der Waals surface area contributed by atoms with Gasteiger partial charge in [0.1, 0.15) is 5.52 Å². The van der Waals surface area contributed by atoms with Crippen molar-refractivity contribution in [2.75, 3.05) is 18.1 Å². The van der Waals surface area contributed by atoms with Crippen LogP contribution in [0.15, 0.2) is 35.7 Å². The van der Waals surface area contributed by atoms with Crippen LogP contribution in [-0.4, -0.2) is 32.3 Å². The van der Waals surface area contributed by atoms with Gasteiger partial charge in [-0.05, 0) is 55.1 Å². The highest BCUT2D eigenvalue weighted by atomic mass is 32.2. The number of fused-ring (bicyclic) bond motifs is 1. The molecule has 0 aliphatic heterocycles. The van der Waals surface area contributed by atoms with E-state index in [1.54, 1.807) is 6.33 Å². The van der Waals surface area contributed by atoms with E-state index in [9.17, 15) is 13.2 Å². The molecule has 1 aromatic carbocycles. The molecule has 1 N–H and O–H groups in total. The first-order valence-corrected chi connectivity index (χ1v) is 11.2. The summed E-state index contributed by atoms with van der Waals surface area (Å²) < 4.78 is 40.3. The fraction of sp³-hybridized carbons (Fsp3) is 0.476. The number of benzene rings is 1. The van der Waals surface area contributed by atoms with Crippen molar-refractivity contribution in [1.29, 1.82) is 0 Å². The molecule has 0 bridgehead atoms. The zero-order valence-corrected chi connectivity index (χ0v) is 17.7. The van der Waals surface area contributed by atoms with Crippen molar-refractivity contribution in [3.05, 3.63) is 41.7 Å². The first-order valence-electron chi connectivity index (χ1n) is 10.0. The summed E-state index contributed by atoms with van der Waals surface area (Å²) >= 11 is 1.45. The molecule has 0 atom stereocenters. The second-order valence-electron chi connectivity index (χ2n) is 7.96. The summed E-state index contributed by atoms with van der Waals surface area (Å²) in [4.78, 5) is 13.5. The SMILES string of the molecule is CSc1nc(NCCC2CC(C)C2)c2c(ncn2Cc2ccc(C(F)(F)F)cc2)n1. The Balaban J connectivity index is 1.55. The highest BCUT2D eigenvalue weighted by Gasteiger charge is 2.30. The van der Waals surface area contributed by atoms with Gasteiger partial charge in [0.2, 0.25) is 0 Å². The maximum absolute atomic E-state index is 12.8. The van der Waals surface area contributed by atoms with Crippen molar-refractivity contribution in [2.45, 2.75) is 44.1 Å². The molecule has 0 spiro atoms. The Kier molecular flexibility index (Phi) is 5.90. The number of nitrogens with one attached hydrogen (secondary N) is 1. The van der Waals surface area contributed by atoms with Gasteiger partial charge in [0.25, 0.3) is 0 Å². The van der Waals surface area contributed by atoms with E-state index in [4.69, 9.17) is 0 Å². The molecule has 0 saturated heterocycles. The fourth-order valence-electron chi connectivity index (χ4n) is 3.99. The molecule has 0 amide bonds. The summed E-state index contributed by atoms with van der Waals surface area (Å²) in [7, 11) is 0. The average molecular weight is 436 g/mol. The van der Waals surface area contributed by atoms with Crippen LogP contribution in [0.1, 0.15) is 37.3 Å². The van der Waals surface area contributed by atoms with E-state index in [0.29, 0.717) is 17.3 Å². The third kappa shape index (κ3) is 4.55. The molecule has 1 aliphatic rings. The highest BCUT2D eigenvalue weighted by Crippen LogP contribution is 2.35. The molecule has 2 aromatic heterocycles. The third-order valence-electron chi connectivity index (χ3n) is 5.58. The van der Waals surface area contributed by atoms with Crippen LogP contribution in [-0.2, 0) is 12.7 Å². The lowest BCUT2D eigenvalue weighted by Gasteiger charge is -2.32. The van der Waals surface area contributed by atoms with Gasteiger partial charge in [0.15, 0.2) is 16.6 Å². The van der Waals surface area contributed by atoms with Crippen LogP contribution in [0.5, 0.6) is 0 Å². The number of imidazole rings is 1. The predicted molar refractivity (Wildman–Crippen MR) is 113 cm³/mol. The third-order valence-corrected chi connectivity index (χ3v) is 6.13. The molecule has 0 radical (unpaired) electrons. The van der Waals surface area contributed by atoms with Crippen molar-refractivity contribution in [3.63, 3.8) is 0 Å². The van der Waals surface area contributed by atoms with Gasteiger partial charge in [0, 0.05) is 13.1 Å². The van der Waals surface area contributed by atoms with Crippen LogP contribution in [0.25, 0.3) is 11.2 Å². The second-order valence-corrected chi connectivity index (χ2v) is 8.73. The predicted octanol–water partition coefficient (Wildman–Crippen LogP) is 5.46. The molecule has 2 heterocycles. The molecular weight excluding hydrogens is 411 g/mol. The summed E-state index contributed by atoms with van der Waals surface area (Å²) in [6.07, 6.45) is 2.90. The van der Waals surface area contributed by atoms with E-state index in [0.717, 1.165) is 53.8 Å². The number of aromatic nitrogens is 4. The molecule has 3 aromatic rings. The Labute approximate surface area is 177 Å². The number of hydrogen-bond donors (Lipinski definition) is 1. The van der Waals surface area contributed by atoms with E-state index >= 15 is 0 Å². The van der Waals surface area contributed by atoms with Crippen molar-refractivity contribution >= 4 is 28.7 Å². The zero-order chi connectivity index (χ0) is 21.3. The lowest BCUT2D eigenvalue weighted by Crippen LogP contribution is -2.23. The van der Waals surface area contributed by atoms with Gasteiger partial charge in [-0.3, -0.25) is 0 Å². The largest absolute Gasteiger partial charge is 0.416 e. The quantitative estimate of drug-likeness (QED) is 0.394. The normalized spacial score (nSPS) is 19.1. The summed E-state index contributed by atoms with van der Waals surface area (Å²) in [5.74, 6) is 2.32. The van der Waals surface area contributed by atoms with Crippen molar-refractivity contribution < 1.29 is 13.2 Å². The van der Waals surface area contributed by atoms with Gasteiger partial charge >= 0.3 is 6.18 Å². The number of alkyl halides is 3. The molecule has 160 valence electrons. The van der Waals surface area contributed by atoms with Crippen molar-refractivity contribution in [3.8, 4) is 0 Å². The molecule has 30 heavy (non-hydrogen) atoms. The smallest absolute Gasteiger partial charge is 0.368 e. The molecule has 0 unspecified atom stereocenters. The minimum Gasteiger partial charge on any atom is -0.368 e. The van der Waals surface area contributed by atoms with Gasteiger partial charge in [-0.1, -0.05) is 30.8 Å². The minimum atomic E-state index is -4.34.